The number of ether oxygens (including phenoxy) is 1. The standard InChI is InChI=1S/C19H30N2O2.ClH/c1-15(2)8-11-20-19(22)17-9-12-21(13-10-17)14-16-4-6-18(23-3)7-5-16;/h4-7,15,17H,8-14H2,1-3H3,(H,20,22);1H. The minimum atomic E-state index is 0. The molecule has 0 bridgehead atoms. The highest BCUT2D eigenvalue weighted by molar-refractivity contribution is 5.85. The Morgan fingerprint density at radius 2 is 1.88 bits per heavy atom. The molecule has 1 N–H and O–H groups in total. The van der Waals surface area contributed by atoms with Crippen molar-refractivity contribution in [2.45, 2.75) is 39.7 Å². The number of rotatable bonds is 7. The zero-order valence-corrected chi connectivity index (χ0v) is 15.9. The van der Waals surface area contributed by atoms with Crippen molar-refractivity contribution in [2.75, 3.05) is 26.7 Å². The maximum Gasteiger partial charge on any atom is 0.223 e. The Labute approximate surface area is 152 Å². The number of halogens is 1. The molecule has 1 saturated heterocycles. The lowest BCUT2D eigenvalue weighted by Crippen LogP contribution is -2.40. The Kier molecular flexibility index (Phi) is 9.16. The van der Waals surface area contributed by atoms with E-state index in [1.807, 2.05) is 12.1 Å². The molecule has 0 unspecified atom stereocenters. The lowest BCUT2D eigenvalue weighted by atomic mass is 9.95. The van der Waals surface area contributed by atoms with Crippen LogP contribution < -0.4 is 10.1 Å². The lowest BCUT2D eigenvalue weighted by molar-refractivity contribution is -0.126. The maximum atomic E-state index is 12.2. The highest BCUT2D eigenvalue weighted by Crippen LogP contribution is 2.20. The van der Waals surface area contributed by atoms with E-state index >= 15 is 0 Å². The number of carbonyl (C=O) groups excluding carboxylic acids is 1. The molecule has 0 atom stereocenters. The molecule has 0 radical (unpaired) electrons. The average Bonchev–Trinajstić information content (AvgIpc) is 2.56. The molecule has 1 aromatic carbocycles. The van der Waals surface area contributed by atoms with Gasteiger partial charge in [0.25, 0.3) is 0 Å². The van der Waals surface area contributed by atoms with Crippen molar-refractivity contribution < 1.29 is 9.53 Å². The maximum absolute atomic E-state index is 12.2. The van der Waals surface area contributed by atoms with Crippen molar-refractivity contribution >= 4 is 18.3 Å². The van der Waals surface area contributed by atoms with E-state index in [0.29, 0.717) is 5.92 Å². The third-order valence-corrected chi connectivity index (χ3v) is 4.54. The van der Waals surface area contributed by atoms with Gasteiger partial charge in [0, 0.05) is 19.0 Å². The molecule has 1 fully saturated rings. The first-order chi connectivity index (χ1) is 11.1. The summed E-state index contributed by atoms with van der Waals surface area (Å²) in [6.07, 6.45) is 2.98. The van der Waals surface area contributed by atoms with Crippen LogP contribution in [0.15, 0.2) is 24.3 Å². The van der Waals surface area contributed by atoms with Gasteiger partial charge >= 0.3 is 0 Å². The van der Waals surface area contributed by atoms with Crippen molar-refractivity contribution in [3.63, 3.8) is 0 Å². The van der Waals surface area contributed by atoms with Crippen molar-refractivity contribution in [3.05, 3.63) is 29.8 Å². The SMILES string of the molecule is COc1ccc(CN2CCC(C(=O)NCCC(C)C)CC2)cc1.Cl. The smallest absolute Gasteiger partial charge is 0.223 e. The van der Waals surface area contributed by atoms with Crippen LogP contribution in [0, 0.1) is 11.8 Å². The van der Waals surface area contributed by atoms with Gasteiger partial charge in [0.2, 0.25) is 5.91 Å². The number of likely N-dealkylation sites (tertiary alicyclic amines) is 1. The minimum absolute atomic E-state index is 0. The molecule has 4 nitrogen and oxygen atoms in total. The van der Waals surface area contributed by atoms with Crippen molar-refractivity contribution in [1.29, 1.82) is 0 Å². The van der Waals surface area contributed by atoms with Crippen LogP contribution in [0.3, 0.4) is 0 Å². The summed E-state index contributed by atoms with van der Waals surface area (Å²) in [5.41, 5.74) is 1.30. The third kappa shape index (κ3) is 6.70. The van der Waals surface area contributed by atoms with Gasteiger partial charge in [0.1, 0.15) is 5.75 Å². The average molecular weight is 355 g/mol. The second-order valence-electron chi connectivity index (χ2n) is 6.87. The van der Waals surface area contributed by atoms with E-state index in [9.17, 15) is 4.79 Å². The van der Waals surface area contributed by atoms with Crippen molar-refractivity contribution in [2.24, 2.45) is 11.8 Å². The van der Waals surface area contributed by atoms with Gasteiger partial charge in [0.05, 0.1) is 7.11 Å². The van der Waals surface area contributed by atoms with Crippen molar-refractivity contribution in [3.8, 4) is 5.75 Å². The van der Waals surface area contributed by atoms with Crippen LogP contribution in [-0.2, 0) is 11.3 Å². The fourth-order valence-corrected chi connectivity index (χ4v) is 2.97. The highest BCUT2D eigenvalue weighted by atomic mass is 35.5. The zero-order valence-electron chi connectivity index (χ0n) is 15.1. The number of benzene rings is 1. The summed E-state index contributed by atoms with van der Waals surface area (Å²) < 4.78 is 5.19. The number of hydrogen-bond donors (Lipinski definition) is 1. The predicted molar refractivity (Wildman–Crippen MR) is 101 cm³/mol. The van der Waals surface area contributed by atoms with E-state index in [1.165, 1.54) is 5.56 Å². The Hall–Kier alpha value is -1.26. The van der Waals surface area contributed by atoms with Crippen molar-refractivity contribution in [1.82, 2.24) is 10.2 Å². The largest absolute Gasteiger partial charge is 0.497 e. The van der Waals surface area contributed by atoms with Gasteiger partial charge in [-0.25, -0.2) is 0 Å². The minimum Gasteiger partial charge on any atom is -0.497 e. The van der Waals surface area contributed by atoms with Crippen LogP contribution in [-0.4, -0.2) is 37.6 Å². The third-order valence-electron chi connectivity index (χ3n) is 4.54. The van der Waals surface area contributed by atoms with Gasteiger partial charge in [0.15, 0.2) is 0 Å². The molecule has 1 aromatic rings. The number of nitrogens with zero attached hydrogens (tertiary/aromatic N) is 1. The number of amides is 1. The fraction of sp³-hybridized carbons (Fsp3) is 0.632. The zero-order chi connectivity index (χ0) is 16.7. The molecule has 1 amide bonds. The molecule has 0 saturated carbocycles. The summed E-state index contributed by atoms with van der Waals surface area (Å²) in [6.45, 7) is 8.12. The first-order valence-electron chi connectivity index (χ1n) is 8.71. The van der Waals surface area contributed by atoms with Gasteiger partial charge in [-0.05, 0) is 56.0 Å². The molecule has 5 heteroatoms. The van der Waals surface area contributed by atoms with Crippen LogP contribution in [0.25, 0.3) is 0 Å². The van der Waals surface area contributed by atoms with E-state index < -0.39 is 0 Å². The van der Waals surface area contributed by atoms with E-state index in [1.54, 1.807) is 7.11 Å². The molecule has 1 aliphatic rings. The lowest BCUT2D eigenvalue weighted by Gasteiger charge is -2.31. The van der Waals surface area contributed by atoms with Crippen LogP contribution in [0.1, 0.15) is 38.7 Å². The predicted octanol–water partition coefficient (Wildman–Crippen LogP) is 3.49. The topological polar surface area (TPSA) is 41.6 Å². The van der Waals surface area contributed by atoms with Gasteiger partial charge in [-0.15, -0.1) is 12.4 Å². The summed E-state index contributed by atoms with van der Waals surface area (Å²) in [5.74, 6) is 1.97. The molecule has 0 aromatic heterocycles. The summed E-state index contributed by atoms with van der Waals surface area (Å²) in [6, 6.07) is 8.24. The molecule has 1 heterocycles. The molecule has 24 heavy (non-hydrogen) atoms. The number of hydrogen-bond acceptors (Lipinski definition) is 3. The summed E-state index contributed by atoms with van der Waals surface area (Å²) in [5, 5.41) is 3.09. The van der Waals surface area contributed by atoms with E-state index in [4.69, 9.17) is 4.74 Å². The molecular weight excluding hydrogens is 324 g/mol. The summed E-state index contributed by atoms with van der Waals surface area (Å²) in [4.78, 5) is 14.6. The quantitative estimate of drug-likeness (QED) is 0.814. The molecule has 0 spiro atoms. The van der Waals surface area contributed by atoms with Crippen LogP contribution in [0.2, 0.25) is 0 Å². The van der Waals surface area contributed by atoms with Gasteiger partial charge in [-0.1, -0.05) is 26.0 Å². The second kappa shape index (κ2) is 10.6. The van der Waals surface area contributed by atoms with Crippen LogP contribution in [0.4, 0.5) is 0 Å². The van der Waals surface area contributed by atoms with E-state index in [2.05, 4.69) is 36.2 Å². The first-order valence-corrected chi connectivity index (χ1v) is 8.71. The Balaban J connectivity index is 0.00000288. The number of nitrogens with one attached hydrogen (secondary N) is 1. The molecule has 136 valence electrons. The monoisotopic (exact) mass is 354 g/mol. The summed E-state index contributed by atoms with van der Waals surface area (Å²) in [7, 11) is 1.69. The first kappa shape index (κ1) is 20.8. The normalized spacial score (nSPS) is 15.8. The Morgan fingerprint density at radius 1 is 1.25 bits per heavy atom. The number of piperidine rings is 1. The van der Waals surface area contributed by atoms with Gasteiger partial charge in [-0.3, -0.25) is 9.69 Å². The number of methoxy groups -OCH3 is 1. The highest BCUT2D eigenvalue weighted by Gasteiger charge is 2.24. The van der Waals surface area contributed by atoms with Gasteiger partial charge < -0.3 is 10.1 Å². The Morgan fingerprint density at radius 3 is 2.42 bits per heavy atom. The Bertz CT molecular complexity index is 483. The molecular formula is C19H31ClN2O2. The van der Waals surface area contributed by atoms with E-state index in [-0.39, 0.29) is 24.2 Å². The summed E-state index contributed by atoms with van der Waals surface area (Å²) >= 11 is 0. The number of carbonyl (C=O) groups is 1. The van der Waals surface area contributed by atoms with Gasteiger partial charge in [-0.2, -0.15) is 0 Å². The molecule has 2 rings (SSSR count). The second-order valence-corrected chi connectivity index (χ2v) is 6.87. The van der Waals surface area contributed by atoms with E-state index in [0.717, 1.165) is 51.2 Å². The fourth-order valence-electron chi connectivity index (χ4n) is 2.97. The molecule has 0 aliphatic carbocycles. The van der Waals surface area contributed by atoms with Crippen LogP contribution in [0.5, 0.6) is 5.75 Å². The van der Waals surface area contributed by atoms with Crippen LogP contribution >= 0.6 is 12.4 Å². The molecule has 1 aliphatic heterocycles.